The summed E-state index contributed by atoms with van der Waals surface area (Å²) in [5.74, 6) is 0.771. The number of benzene rings is 2. The molecule has 1 aliphatic rings. The fourth-order valence-electron chi connectivity index (χ4n) is 4.20. The molecule has 10 heteroatoms. The van der Waals surface area contributed by atoms with E-state index in [0.29, 0.717) is 41.5 Å². The molecule has 0 bridgehead atoms. The lowest BCUT2D eigenvalue weighted by atomic mass is 9.96. The van der Waals surface area contributed by atoms with Crippen LogP contribution in [0.5, 0.6) is 11.5 Å². The van der Waals surface area contributed by atoms with Gasteiger partial charge in [-0.05, 0) is 42.5 Å². The summed E-state index contributed by atoms with van der Waals surface area (Å²) in [5, 5.41) is 18.6. The van der Waals surface area contributed by atoms with Crippen LogP contribution in [0.3, 0.4) is 0 Å². The molecule has 2 atom stereocenters. The highest BCUT2D eigenvalue weighted by atomic mass is 19.3. The summed E-state index contributed by atoms with van der Waals surface area (Å²) in [6.07, 6.45) is -0.863. The monoisotopic (exact) mass is 482 g/mol. The lowest BCUT2D eigenvalue weighted by molar-refractivity contribution is -0.0507. The van der Waals surface area contributed by atoms with Crippen LogP contribution in [0, 0.1) is 0 Å². The van der Waals surface area contributed by atoms with Gasteiger partial charge >= 0.3 is 6.61 Å². The highest BCUT2D eigenvalue weighted by molar-refractivity contribution is 5.62. The van der Waals surface area contributed by atoms with Gasteiger partial charge in [0.2, 0.25) is 0 Å². The van der Waals surface area contributed by atoms with Crippen LogP contribution in [0.4, 0.5) is 8.78 Å². The van der Waals surface area contributed by atoms with Crippen LogP contribution >= 0.6 is 0 Å². The quantitative estimate of drug-likeness (QED) is 0.370. The highest BCUT2D eigenvalue weighted by Crippen LogP contribution is 2.37. The smallest absolute Gasteiger partial charge is 0.387 e. The Hall–Kier alpha value is -3.60. The Morgan fingerprint density at radius 3 is 2.66 bits per heavy atom. The van der Waals surface area contributed by atoms with Crippen molar-refractivity contribution in [1.29, 1.82) is 0 Å². The minimum atomic E-state index is -2.96. The second-order valence-corrected chi connectivity index (χ2v) is 8.01. The van der Waals surface area contributed by atoms with Gasteiger partial charge in [-0.15, -0.1) is 0 Å². The zero-order chi connectivity index (χ0) is 24.4. The van der Waals surface area contributed by atoms with Gasteiger partial charge in [-0.3, -0.25) is 0 Å². The largest absolute Gasteiger partial charge is 0.491 e. The number of aromatic nitrogens is 3. The average molecular weight is 482 g/mol. The summed E-state index contributed by atoms with van der Waals surface area (Å²) in [6.45, 7) is -1.80. The van der Waals surface area contributed by atoms with Crippen molar-refractivity contribution in [3.05, 3.63) is 77.6 Å². The van der Waals surface area contributed by atoms with Crippen LogP contribution < -0.4 is 14.8 Å². The highest BCUT2D eigenvalue weighted by Gasteiger charge is 2.34. The Morgan fingerprint density at radius 2 is 1.89 bits per heavy atom. The van der Waals surface area contributed by atoms with E-state index in [2.05, 4.69) is 10.3 Å². The number of hydrogen-bond donors (Lipinski definition) is 2. The number of aliphatic hydroxyl groups is 1. The Kier molecular flexibility index (Phi) is 6.58. The van der Waals surface area contributed by atoms with Gasteiger partial charge in [0.05, 0.1) is 29.7 Å². The first-order chi connectivity index (χ1) is 17.0. The molecule has 1 aliphatic heterocycles. The standard InChI is InChI=1S/C25H24F2N4O4/c1-33-12-13-34-16-8-6-15(7-9-16)18-10-11-21-29-23-19(32)14-28-22(24(23)31(21)30-18)17-4-2-3-5-20(17)35-25(26)27/h2-11,19,22,25,28,32H,12-14H2,1H3/t19-,22-/m1/s1. The SMILES string of the molecule is COCCOc1ccc(-c2ccc3nc4c(n3n2)[C@@H](c2ccccc2OC(F)F)NC[C@H]4O)cc1. The van der Waals surface area contributed by atoms with E-state index in [1.165, 1.54) is 6.07 Å². The van der Waals surface area contributed by atoms with Crippen molar-refractivity contribution >= 4 is 5.65 Å². The Balaban J connectivity index is 1.54. The third kappa shape index (κ3) is 4.68. The maximum absolute atomic E-state index is 13.0. The molecule has 0 spiro atoms. The number of β-amino-alcohol motifs (C(OH)–C–C–N with tert-alkyl or cyclic N) is 1. The molecule has 8 nitrogen and oxygen atoms in total. The third-order valence-electron chi connectivity index (χ3n) is 5.80. The maximum atomic E-state index is 13.0. The van der Waals surface area contributed by atoms with Crippen molar-refractivity contribution < 1.29 is 28.1 Å². The van der Waals surface area contributed by atoms with E-state index in [0.717, 1.165) is 11.3 Å². The summed E-state index contributed by atoms with van der Waals surface area (Å²) in [5.41, 5.74) is 3.61. The van der Waals surface area contributed by atoms with E-state index in [9.17, 15) is 13.9 Å². The summed E-state index contributed by atoms with van der Waals surface area (Å²) in [6, 6.07) is 17.2. The molecule has 182 valence electrons. The van der Waals surface area contributed by atoms with Gasteiger partial charge in [-0.25, -0.2) is 9.50 Å². The molecule has 0 fully saturated rings. The van der Waals surface area contributed by atoms with E-state index in [1.54, 1.807) is 29.8 Å². The van der Waals surface area contributed by atoms with E-state index >= 15 is 0 Å². The first kappa shape index (κ1) is 23.2. The van der Waals surface area contributed by atoms with Crippen molar-refractivity contribution in [2.45, 2.75) is 18.8 Å². The molecule has 3 heterocycles. The number of halogens is 2. The first-order valence-corrected chi connectivity index (χ1v) is 11.1. The normalized spacial score (nSPS) is 17.5. The number of ether oxygens (including phenoxy) is 3. The van der Waals surface area contributed by atoms with Gasteiger partial charge in [0, 0.05) is 24.8 Å². The molecule has 0 amide bonds. The Morgan fingerprint density at radius 1 is 1.09 bits per heavy atom. The van der Waals surface area contributed by atoms with Gasteiger partial charge in [0.15, 0.2) is 5.65 Å². The van der Waals surface area contributed by atoms with Gasteiger partial charge in [-0.2, -0.15) is 13.9 Å². The summed E-state index contributed by atoms with van der Waals surface area (Å²) in [4.78, 5) is 4.58. The zero-order valence-corrected chi connectivity index (χ0v) is 18.9. The number of fused-ring (bicyclic) bond motifs is 3. The maximum Gasteiger partial charge on any atom is 0.387 e. The molecule has 0 saturated heterocycles. The number of para-hydroxylation sites is 1. The number of methoxy groups -OCH3 is 1. The van der Waals surface area contributed by atoms with Gasteiger partial charge in [0.1, 0.15) is 24.2 Å². The van der Waals surface area contributed by atoms with E-state index in [1.807, 2.05) is 36.4 Å². The predicted molar refractivity (Wildman–Crippen MR) is 124 cm³/mol. The zero-order valence-electron chi connectivity index (χ0n) is 18.9. The van der Waals surface area contributed by atoms with Gasteiger partial charge < -0.3 is 24.6 Å². The molecular weight excluding hydrogens is 458 g/mol. The van der Waals surface area contributed by atoms with Gasteiger partial charge in [0.25, 0.3) is 0 Å². The van der Waals surface area contributed by atoms with E-state index < -0.39 is 18.8 Å². The molecule has 35 heavy (non-hydrogen) atoms. The van der Waals surface area contributed by atoms with Crippen LogP contribution in [0.25, 0.3) is 16.9 Å². The van der Waals surface area contributed by atoms with Crippen LogP contribution in [0.1, 0.15) is 29.1 Å². The molecule has 4 aromatic rings. The number of alkyl halides is 2. The van der Waals surface area contributed by atoms with Crippen molar-refractivity contribution in [3.63, 3.8) is 0 Å². The molecule has 0 radical (unpaired) electrons. The van der Waals surface area contributed by atoms with Crippen molar-refractivity contribution in [2.75, 3.05) is 26.9 Å². The molecule has 0 unspecified atom stereocenters. The topological polar surface area (TPSA) is 90.1 Å². The number of rotatable bonds is 8. The molecule has 5 rings (SSSR count). The summed E-state index contributed by atoms with van der Waals surface area (Å²) < 4.78 is 43.1. The molecule has 2 N–H and O–H groups in total. The van der Waals surface area contributed by atoms with Crippen molar-refractivity contribution in [1.82, 2.24) is 19.9 Å². The number of nitrogens with one attached hydrogen (secondary N) is 1. The molecule has 0 aliphatic carbocycles. The van der Waals surface area contributed by atoms with Crippen molar-refractivity contribution in [3.8, 4) is 22.8 Å². The van der Waals surface area contributed by atoms with Crippen LogP contribution in [-0.4, -0.2) is 53.2 Å². The Labute approximate surface area is 200 Å². The fraction of sp³-hybridized carbons (Fsp3) is 0.280. The number of nitrogens with zero attached hydrogens (tertiary/aromatic N) is 3. The average Bonchev–Trinajstić information content (AvgIpc) is 3.25. The minimum absolute atomic E-state index is 0.0532. The Bertz CT molecular complexity index is 1310. The lowest BCUT2D eigenvalue weighted by Gasteiger charge is -2.28. The molecule has 2 aromatic heterocycles. The van der Waals surface area contributed by atoms with Crippen molar-refractivity contribution in [2.24, 2.45) is 0 Å². The number of hydrogen-bond acceptors (Lipinski definition) is 7. The number of aliphatic hydroxyl groups excluding tert-OH is 1. The first-order valence-electron chi connectivity index (χ1n) is 11.1. The molecule has 0 saturated carbocycles. The minimum Gasteiger partial charge on any atom is -0.491 e. The van der Waals surface area contributed by atoms with Crippen LogP contribution in [0.2, 0.25) is 0 Å². The fourth-order valence-corrected chi connectivity index (χ4v) is 4.20. The summed E-state index contributed by atoms with van der Waals surface area (Å²) >= 11 is 0. The second kappa shape index (κ2) is 9.95. The predicted octanol–water partition coefficient (Wildman–Crippen LogP) is 3.75. The summed E-state index contributed by atoms with van der Waals surface area (Å²) in [7, 11) is 1.62. The third-order valence-corrected chi connectivity index (χ3v) is 5.80. The van der Waals surface area contributed by atoms with E-state index in [4.69, 9.17) is 19.3 Å². The molecule has 2 aromatic carbocycles. The molecular formula is C25H24F2N4O4. The van der Waals surface area contributed by atoms with Crippen LogP contribution in [0.15, 0.2) is 60.7 Å². The van der Waals surface area contributed by atoms with Crippen LogP contribution in [-0.2, 0) is 4.74 Å². The van der Waals surface area contributed by atoms with Gasteiger partial charge in [-0.1, -0.05) is 18.2 Å². The van der Waals surface area contributed by atoms with E-state index in [-0.39, 0.29) is 12.3 Å². The number of imidazole rings is 1. The second-order valence-electron chi connectivity index (χ2n) is 8.01. The lowest BCUT2D eigenvalue weighted by Crippen LogP contribution is -2.35.